The number of hydrogen-bond donors (Lipinski definition) is 0. The molecule has 68 valence electrons. The Morgan fingerprint density at radius 3 is 2.85 bits per heavy atom. The Balaban J connectivity index is 3.06. The van der Waals surface area contributed by atoms with Gasteiger partial charge in [-0.3, -0.25) is 0 Å². The summed E-state index contributed by atoms with van der Waals surface area (Å²) in [6.45, 7) is 1.90. The van der Waals surface area contributed by atoms with E-state index in [1.165, 1.54) is 4.68 Å². The lowest BCUT2D eigenvalue weighted by molar-refractivity contribution is -0.460. The van der Waals surface area contributed by atoms with E-state index >= 15 is 0 Å². The van der Waals surface area contributed by atoms with Gasteiger partial charge in [-0.25, -0.2) is 4.79 Å². The summed E-state index contributed by atoms with van der Waals surface area (Å²) in [6, 6.07) is 3.78. The molecular formula is C8H9BrN3O+. The van der Waals surface area contributed by atoms with E-state index in [4.69, 9.17) is 0 Å². The van der Waals surface area contributed by atoms with Gasteiger partial charge in [-0.05, 0) is 28.9 Å². The number of pyridine rings is 1. The molecule has 13 heavy (non-hydrogen) atoms. The van der Waals surface area contributed by atoms with Crippen LogP contribution in [0.15, 0.2) is 21.4 Å². The van der Waals surface area contributed by atoms with Crippen LogP contribution < -0.4 is 10.8 Å². The van der Waals surface area contributed by atoms with Crippen molar-refractivity contribution in [3.05, 3.63) is 32.8 Å². The molecule has 2 aromatic heterocycles. The summed E-state index contributed by atoms with van der Waals surface area (Å²) in [5, 5.41) is 2.94. The van der Waals surface area contributed by atoms with Crippen molar-refractivity contribution in [1.29, 1.82) is 0 Å². The summed E-state index contributed by atoms with van der Waals surface area (Å²) in [5.41, 5.74) is 1.64. The topological polar surface area (TPSA) is 40.5 Å². The smallest absolute Gasteiger partial charge is 0.216 e. The quantitative estimate of drug-likeness (QED) is 0.665. The maximum atomic E-state index is 11.6. The fourth-order valence-corrected chi connectivity index (χ4v) is 1.65. The van der Waals surface area contributed by atoms with Gasteiger partial charge in [0.25, 0.3) is 0 Å². The summed E-state index contributed by atoms with van der Waals surface area (Å²) < 4.78 is 4.01. The lowest BCUT2D eigenvalue weighted by Crippen LogP contribution is -2.25. The van der Waals surface area contributed by atoms with Gasteiger partial charge in [-0.1, -0.05) is 0 Å². The molecule has 0 aliphatic rings. The number of fused-ring (bicyclic) bond motifs is 1. The molecule has 0 saturated heterocycles. The van der Waals surface area contributed by atoms with E-state index in [0.29, 0.717) is 0 Å². The van der Waals surface area contributed by atoms with Gasteiger partial charge in [0.15, 0.2) is 0 Å². The average molecular weight is 243 g/mol. The van der Waals surface area contributed by atoms with Crippen molar-refractivity contribution in [1.82, 2.24) is 9.08 Å². The molecule has 0 radical (unpaired) electrons. The number of rotatable bonds is 0. The van der Waals surface area contributed by atoms with Crippen molar-refractivity contribution in [2.24, 2.45) is 7.05 Å². The Bertz CT molecular complexity index is 526. The van der Waals surface area contributed by atoms with Crippen LogP contribution >= 0.6 is 15.9 Å². The molecular weight excluding hydrogens is 234 g/mol. The van der Waals surface area contributed by atoms with Crippen molar-refractivity contribution in [3.8, 4) is 0 Å². The van der Waals surface area contributed by atoms with E-state index in [2.05, 4.69) is 21.0 Å². The third-order valence-corrected chi connectivity index (χ3v) is 2.91. The monoisotopic (exact) mass is 242 g/mol. The number of halogens is 1. The van der Waals surface area contributed by atoms with Crippen molar-refractivity contribution >= 4 is 21.6 Å². The van der Waals surface area contributed by atoms with Crippen LogP contribution in [-0.2, 0) is 7.05 Å². The Kier molecular flexibility index (Phi) is 1.76. The van der Waals surface area contributed by atoms with Crippen molar-refractivity contribution < 1.29 is 5.10 Å². The third-order valence-electron chi connectivity index (χ3n) is 2.07. The van der Waals surface area contributed by atoms with Gasteiger partial charge in [-0.2, -0.15) is 5.10 Å². The van der Waals surface area contributed by atoms with E-state index in [0.717, 1.165) is 15.8 Å². The normalized spacial score (nSPS) is 11.0. The molecule has 0 amide bonds. The number of nitrogens with zero attached hydrogens (tertiary/aromatic N) is 2. The first kappa shape index (κ1) is 8.50. The molecule has 0 spiro atoms. The van der Waals surface area contributed by atoms with Crippen LogP contribution in [-0.4, -0.2) is 9.08 Å². The van der Waals surface area contributed by atoms with Gasteiger partial charge in [0.05, 0.1) is 11.5 Å². The maximum absolute atomic E-state index is 11.6. The Hall–Kier alpha value is -1.10. The summed E-state index contributed by atoms with van der Waals surface area (Å²) in [5.74, 6) is 0. The molecule has 0 fully saturated rings. The highest BCUT2D eigenvalue weighted by molar-refractivity contribution is 9.10. The van der Waals surface area contributed by atoms with Crippen LogP contribution in [0.3, 0.4) is 0 Å². The highest BCUT2D eigenvalue weighted by atomic mass is 79.9. The zero-order chi connectivity index (χ0) is 9.59. The minimum Gasteiger partial charge on any atom is -0.216 e. The van der Waals surface area contributed by atoms with Crippen LogP contribution in [0.4, 0.5) is 0 Å². The first-order chi connectivity index (χ1) is 6.11. The SMILES string of the molecule is Cc1c(Br)ccc2[nH+]n(C)c(=O)n12. The fraction of sp³-hybridized carbons (Fsp3) is 0.250. The van der Waals surface area contributed by atoms with Crippen LogP contribution in [0.5, 0.6) is 0 Å². The predicted molar refractivity (Wildman–Crippen MR) is 51.6 cm³/mol. The number of aryl methyl sites for hydroxylation is 2. The molecule has 0 saturated carbocycles. The van der Waals surface area contributed by atoms with E-state index in [1.807, 2.05) is 19.1 Å². The molecule has 5 heteroatoms. The number of aromatic amines is 1. The Morgan fingerprint density at radius 2 is 2.15 bits per heavy atom. The highest BCUT2D eigenvalue weighted by Gasteiger charge is 2.14. The maximum Gasteiger partial charge on any atom is 0.451 e. The second-order valence-corrected chi connectivity index (χ2v) is 3.80. The molecule has 0 unspecified atom stereocenters. The molecule has 0 aromatic carbocycles. The van der Waals surface area contributed by atoms with Crippen molar-refractivity contribution in [2.75, 3.05) is 0 Å². The minimum absolute atomic E-state index is 0.0613. The van der Waals surface area contributed by atoms with Crippen molar-refractivity contribution in [3.63, 3.8) is 0 Å². The zero-order valence-electron chi connectivity index (χ0n) is 7.34. The summed E-state index contributed by atoms with van der Waals surface area (Å²) in [7, 11) is 1.70. The lowest BCUT2D eigenvalue weighted by atomic mass is 10.4. The van der Waals surface area contributed by atoms with E-state index < -0.39 is 0 Å². The molecule has 0 atom stereocenters. The second kappa shape index (κ2) is 2.70. The number of aromatic nitrogens is 3. The average Bonchev–Trinajstić information content (AvgIpc) is 2.37. The van der Waals surface area contributed by atoms with E-state index in [9.17, 15) is 4.79 Å². The van der Waals surface area contributed by atoms with Gasteiger partial charge < -0.3 is 0 Å². The van der Waals surface area contributed by atoms with Crippen LogP contribution in [0.1, 0.15) is 5.69 Å². The predicted octanol–water partition coefficient (Wildman–Crippen LogP) is 0.523. The number of nitrogens with one attached hydrogen (secondary N) is 1. The largest absolute Gasteiger partial charge is 0.451 e. The van der Waals surface area contributed by atoms with E-state index in [1.54, 1.807) is 11.4 Å². The third kappa shape index (κ3) is 1.11. The molecule has 0 aliphatic carbocycles. The molecule has 2 rings (SSSR count). The van der Waals surface area contributed by atoms with Crippen LogP contribution in [0.25, 0.3) is 5.65 Å². The van der Waals surface area contributed by atoms with Gasteiger partial charge >= 0.3 is 11.3 Å². The first-order valence-electron chi connectivity index (χ1n) is 3.87. The van der Waals surface area contributed by atoms with Gasteiger partial charge in [0.1, 0.15) is 5.69 Å². The molecule has 0 bridgehead atoms. The first-order valence-corrected chi connectivity index (χ1v) is 4.66. The standard InChI is InChI=1S/C8H8BrN3O/c1-5-6(9)3-4-7-10-11(2)8(13)12(5)7/h3-4H,1-2H3/p+1. The van der Waals surface area contributed by atoms with Crippen molar-refractivity contribution in [2.45, 2.75) is 6.92 Å². The Labute approximate surface area is 82.9 Å². The van der Waals surface area contributed by atoms with Gasteiger partial charge in [0, 0.05) is 6.07 Å². The second-order valence-electron chi connectivity index (χ2n) is 2.94. The molecule has 0 aliphatic heterocycles. The van der Waals surface area contributed by atoms with E-state index in [-0.39, 0.29) is 5.69 Å². The number of H-pyrrole nitrogens is 1. The summed E-state index contributed by atoms with van der Waals surface area (Å²) >= 11 is 3.38. The highest BCUT2D eigenvalue weighted by Crippen LogP contribution is 2.14. The Morgan fingerprint density at radius 1 is 1.46 bits per heavy atom. The lowest BCUT2D eigenvalue weighted by Gasteiger charge is -1.91. The molecule has 1 N–H and O–H groups in total. The fourth-order valence-electron chi connectivity index (χ4n) is 1.34. The van der Waals surface area contributed by atoms with Crippen LogP contribution in [0, 0.1) is 6.92 Å². The van der Waals surface area contributed by atoms with Gasteiger partial charge in [-0.15, -0.1) is 9.08 Å². The number of hydrogen-bond acceptors (Lipinski definition) is 1. The minimum atomic E-state index is -0.0613. The zero-order valence-corrected chi connectivity index (χ0v) is 8.92. The molecule has 2 aromatic rings. The van der Waals surface area contributed by atoms with Gasteiger partial charge in [0.2, 0.25) is 0 Å². The molecule has 4 nitrogen and oxygen atoms in total. The van der Waals surface area contributed by atoms with Crippen LogP contribution in [0.2, 0.25) is 0 Å². The molecule has 2 heterocycles. The summed E-state index contributed by atoms with van der Waals surface area (Å²) in [6.07, 6.45) is 0. The summed E-state index contributed by atoms with van der Waals surface area (Å²) in [4.78, 5) is 11.6.